The molecule has 0 bridgehead atoms. The molecule has 3 aromatic rings. The summed E-state index contributed by atoms with van der Waals surface area (Å²) < 4.78 is 13.4. The molecule has 10 heteroatoms. The highest BCUT2D eigenvalue weighted by Gasteiger charge is 2.32. The molecule has 0 amide bonds. The minimum atomic E-state index is -0.251. The van der Waals surface area contributed by atoms with E-state index >= 15 is 0 Å². The number of thiazole rings is 1. The zero-order valence-electron chi connectivity index (χ0n) is 19.8. The largest absolute Gasteiger partial charge is 0.348 e. The van der Waals surface area contributed by atoms with E-state index in [9.17, 15) is 4.39 Å². The van der Waals surface area contributed by atoms with Gasteiger partial charge in [-0.15, -0.1) is 11.3 Å². The summed E-state index contributed by atoms with van der Waals surface area (Å²) in [5.74, 6) is 1.77. The van der Waals surface area contributed by atoms with Crippen LogP contribution in [0.15, 0.2) is 30.5 Å². The third kappa shape index (κ3) is 5.44. The highest BCUT2D eigenvalue weighted by atomic mass is 32.1. The molecule has 1 saturated heterocycles. The van der Waals surface area contributed by atoms with Gasteiger partial charge in [-0.25, -0.2) is 9.37 Å². The van der Waals surface area contributed by atoms with Gasteiger partial charge in [0.1, 0.15) is 5.82 Å². The first-order valence-electron chi connectivity index (χ1n) is 11.9. The van der Waals surface area contributed by atoms with Gasteiger partial charge in [-0.05, 0) is 43.4 Å². The van der Waals surface area contributed by atoms with Crippen molar-refractivity contribution in [1.82, 2.24) is 24.8 Å². The Morgan fingerprint density at radius 1 is 0.971 bits per heavy atom. The Labute approximate surface area is 203 Å². The number of rotatable bonds is 8. The van der Waals surface area contributed by atoms with Crippen molar-refractivity contribution in [2.75, 3.05) is 41.7 Å². The number of benzene rings is 1. The van der Waals surface area contributed by atoms with Gasteiger partial charge in [0, 0.05) is 43.3 Å². The second kappa shape index (κ2) is 9.79. The molecule has 180 valence electrons. The molecule has 3 heterocycles. The van der Waals surface area contributed by atoms with E-state index in [1.165, 1.54) is 29.9 Å². The summed E-state index contributed by atoms with van der Waals surface area (Å²) in [5, 5.41) is 7.40. The van der Waals surface area contributed by atoms with Crippen molar-refractivity contribution in [3.8, 4) is 0 Å². The van der Waals surface area contributed by atoms with Crippen LogP contribution < -0.4 is 15.5 Å². The standard InChI is InChI=1S/C24H31FN8S/c1-15(2)20-14-26-24(34-20)31-22-28-21(27-16(3)17-4-6-18(25)7-5-17)29-23(30-22)33-12-10-32(11-13-33)19-8-9-19/h4-7,14-16,19H,8-13H2,1-3H3,(H2,26,27,28,29,30,31). The van der Waals surface area contributed by atoms with E-state index in [1.54, 1.807) is 23.5 Å². The van der Waals surface area contributed by atoms with Gasteiger partial charge in [0.05, 0.1) is 6.04 Å². The Morgan fingerprint density at radius 3 is 2.32 bits per heavy atom. The summed E-state index contributed by atoms with van der Waals surface area (Å²) in [6.07, 6.45) is 4.54. The van der Waals surface area contributed by atoms with Crippen LogP contribution in [0.3, 0.4) is 0 Å². The van der Waals surface area contributed by atoms with E-state index < -0.39 is 0 Å². The summed E-state index contributed by atoms with van der Waals surface area (Å²) in [7, 11) is 0. The minimum absolute atomic E-state index is 0.0946. The summed E-state index contributed by atoms with van der Waals surface area (Å²) in [5.41, 5.74) is 0.956. The van der Waals surface area contributed by atoms with Crippen molar-refractivity contribution in [2.45, 2.75) is 51.6 Å². The normalized spacial score (nSPS) is 17.7. The molecule has 8 nitrogen and oxygen atoms in total. The number of anilines is 4. The van der Waals surface area contributed by atoms with Crippen LogP contribution in [-0.4, -0.2) is 57.1 Å². The molecule has 5 rings (SSSR count). The fourth-order valence-corrected chi connectivity index (χ4v) is 4.90. The first-order chi connectivity index (χ1) is 16.4. The molecule has 34 heavy (non-hydrogen) atoms. The zero-order valence-corrected chi connectivity index (χ0v) is 20.6. The highest BCUT2D eigenvalue weighted by Crippen LogP contribution is 2.30. The lowest BCUT2D eigenvalue weighted by Gasteiger charge is -2.34. The Kier molecular flexibility index (Phi) is 6.60. The average molecular weight is 483 g/mol. The molecule has 1 aliphatic carbocycles. The Bertz CT molecular complexity index is 1110. The maximum atomic E-state index is 13.4. The maximum absolute atomic E-state index is 13.4. The summed E-state index contributed by atoms with van der Waals surface area (Å²) in [6, 6.07) is 7.15. The van der Waals surface area contributed by atoms with Gasteiger partial charge in [0.15, 0.2) is 5.13 Å². The van der Waals surface area contributed by atoms with Crippen LogP contribution >= 0.6 is 11.3 Å². The van der Waals surface area contributed by atoms with Crippen molar-refractivity contribution in [3.05, 3.63) is 46.7 Å². The lowest BCUT2D eigenvalue weighted by molar-refractivity contribution is 0.247. The number of nitrogens with one attached hydrogen (secondary N) is 2. The lowest BCUT2D eigenvalue weighted by atomic mass is 10.1. The summed E-state index contributed by atoms with van der Waals surface area (Å²) in [4.78, 5) is 24.6. The molecule has 2 fully saturated rings. The molecule has 2 N–H and O–H groups in total. The molecule has 1 saturated carbocycles. The quantitative estimate of drug-likeness (QED) is 0.474. The van der Waals surface area contributed by atoms with Crippen molar-refractivity contribution in [1.29, 1.82) is 0 Å². The fourth-order valence-electron chi connectivity index (χ4n) is 4.09. The Balaban J connectivity index is 1.37. The average Bonchev–Trinajstić information content (AvgIpc) is 3.58. The fraction of sp³-hybridized carbons (Fsp3) is 0.500. The highest BCUT2D eigenvalue weighted by molar-refractivity contribution is 7.15. The van der Waals surface area contributed by atoms with Gasteiger partial charge in [0.25, 0.3) is 0 Å². The van der Waals surface area contributed by atoms with Gasteiger partial charge < -0.3 is 10.2 Å². The van der Waals surface area contributed by atoms with Crippen molar-refractivity contribution in [2.24, 2.45) is 0 Å². The van der Waals surface area contributed by atoms with E-state index in [0.29, 0.717) is 23.8 Å². The number of hydrogen-bond donors (Lipinski definition) is 2. The molecule has 2 aromatic heterocycles. The number of halogens is 1. The smallest absolute Gasteiger partial charge is 0.235 e. The zero-order chi connectivity index (χ0) is 23.7. The third-order valence-corrected chi connectivity index (χ3v) is 7.52. The predicted octanol–water partition coefficient (Wildman–Crippen LogP) is 4.79. The van der Waals surface area contributed by atoms with Crippen LogP contribution in [0.2, 0.25) is 0 Å². The molecule has 1 aromatic carbocycles. The summed E-state index contributed by atoms with van der Waals surface area (Å²) in [6.45, 7) is 10.1. The number of nitrogens with zero attached hydrogens (tertiary/aromatic N) is 6. The van der Waals surface area contributed by atoms with Gasteiger partial charge >= 0.3 is 0 Å². The molecule has 1 atom stereocenters. The van der Waals surface area contributed by atoms with E-state index in [0.717, 1.165) is 42.9 Å². The predicted molar refractivity (Wildman–Crippen MR) is 135 cm³/mol. The van der Waals surface area contributed by atoms with Crippen LogP contribution in [0, 0.1) is 5.82 Å². The number of aromatic nitrogens is 4. The van der Waals surface area contributed by atoms with Crippen molar-refractivity contribution < 1.29 is 4.39 Å². The van der Waals surface area contributed by atoms with Gasteiger partial charge in [0.2, 0.25) is 17.8 Å². The van der Waals surface area contributed by atoms with Crippen LogP contribution in [0.4, 0.5) is 27.4 Å². The number of piperazine rings is 1. The molecule has 0 spiro atoms. The van der Waals surface area contributed by atoms with E-state index in [2.05, 4.69) is 44.2 Å². The van der Waals surface area contributed by atoms with Crippen LogP contribution in [0.5, 0.6) is 0 Å². The molecular formula is C24H31FN8S. The first-order valence-corrected chi connectivity index (χ1v) is 12.8. The van der Waals surface area contributed by atoms with Crippen molar-refractivity contribution >= 4 is 34.3 Å². The molecular weight excluding hydrogens is 451 g/mol. The Morgan fingerprint density at radius 2 is 1.68 bits per heavy atom. The monoisotopic (exact) mass is 482 g/mol. The van der Waals surface area contributed by atoms with Crippen LogP contribution in [-0.2, 0) is 0 Å². The molecule has 0 radical (unpaired) electrons. The minimum Gasteiger partial charge on any atom is -0.348 e. The lowest BCUT2D eigenvalue weighted by Crippen LogP contribution is -2.47. The van der Waals surface area contributed by atoms with Crippen LogP contribution in [0.1, 0.15) is 56.0 Å². The topological polar surface area (TPSA) is 82.1 Å². The summed E-state index contributed by atoms with van der Waals surface area (Å²) >= 11 is 1.61. The van der Waals surface area contributed by atoms with Gasteiger partial charge in [-0.3, -0.25) is 10.2 Å². The SMILES string of the molecule is CC(C)c1cnc(Nc2nc(NC(C)c3ccc(F)cc3)nc(N3CCN(C4CC4)CC3)n2)s1. The van der Waals surface area contributed by atoms with E-state index in [4.69, 9.17) is 9.97 Å². The maximum Gasteiger partial charge on any atom is 0.235 e. The second-order valence-electron chi connectivity index (χ2n) is 9.30. The number of hydrogen-bond acceptors (Lipinski definition) is 9. The second-order valence-corrected chi connectivity index (χ2v) is 10.4. The third-order valence-electron chi connectivity index (χ3n) is 6.31. The van der Waals surface area contributed by atoms with E-state index in [-0.39, 0.29) is 11.9 Å². The molecule has 1 unspecified atom stereocenters. The molecule has 1 aliphatic heterocycles. The molecule has 2 aliphatic rings. The van der Waals surface area contributed by atoms with Crippen LogP contribution in [0.25, 0.3) is 0 Å². The Hall–Kier alpha value is -2.85. The van der Waals surface area contributed by atoms with Gasteiger partial charge in [-0.1, -0.05) is 26.0 Å². The van der Waals surface area contributed by atoms with E-state index in [1.807, 2.05) is 13.1 Å². The van der Waals surface area contributed by atoms with Gasteiger partial charge in [-0.2, -0.15) is 15.0 Å². The first kappa shape index (κ1) is 22.9. The van der Waals surface area contributed by atoms with Crippen molar-refractivity contribution in [3.63, 3.8) is 0 Å².